The van der Waals surface area contributed by atoms with E-state index in [1.807, 2.05) is 24.3 Å². The average molecular weight is 412 g/mol. The Balaban J connectivity index is 0.00000364. The van der Waals surface area contributed by atoms with Crippen LogP contribution in [-0.2, 0) is 16.4 Å². The molecule has 0 aliphatic heterocycles. The Morgan fingerprint density at radius 3 is 2.07 bits per heavy atom. The summed E-state index contributed by atoms with van der Waals surface area (Å²) in [4.78, 5) is 12.3. The number of carbonyl (C=O) groups excluding carboxylic acids is 1. The molecular formula is C19H26ClN3O3S. The number of rotatable bonds is 6. The van der Waals surface area contributed by atoms with Crippen LogP contribution in [0.5, 0.6) is 0 Å². The number of nitrogen functional groups attached to an aromatic ring is 1. The first-order valence-corrected chi connectivity index (χ1v) is 9.82. The molecule has 0 fully saturated rings. The number of hydrogen-bond acceptors (Lipinski definition) is 4. The molecule has 8 heteroatoms. The maximum atomic E-state index is 12.3. The second-order valence-electron chi connectivity index (χ2n) is 7.13. The van der Waals surface area contributed by atoms with E-state index in [4.69, 9.17) is 5.73 Å². The third-order valence-electron chi connectivity index (χ3n) is 3.55. The normalized spacial score (nSPS) is 11.5. The van der Waals surface area contributed by atoms with Crippen LogP contribution < -0.4 is 15.8 Å². The van der Waals surface area contributed by atoms with E-state index in [-0.39, 0.29) is 23.2 Å². The largest absolute Gasteiger partial charge is 0.399 e. The van der Waals surface area contributed by atoms with Crippen molar-refractivity contribution in [2.45, 2.75) is 37.6 Å². The van der Waals surface area contributed by atoms with Crippen molar-refractivity contribution in [2.75, 3.05) is 12.3 Å². The summed E-state index contributed by atoms with van der Waals surface area (Å²) >= 11 is 0. The molecule has 2 aromatic carbocycles. The molecule has 0 saturated heterocycles. The van der Waals surface area contributed by atoms with Crippen LogP contribution in [0.3, 0.4) is 0 Å². The molecule has 0 heterocycles. The minimum atomic E-state index is -3.61. The van der Waals surface area contributed by atoms with Gasteiger partial charge in [0.05, 0.1) is 4.90 Å². The number of sulfonamides is 1. The number of anilines is 1. The molecule has 0 aromatic heterocycles. The van der Waals surface area contributed by atoms with Crippen molar-refractivity contribution in [3.8, 4) is 0 Å². The van der Waals surface area contributed by atoms with E-state index in [1.54, 1.807) is 20.8 Å². The molecule has 2 aromatic rings. The molecule has 0 bridgehead atoms. The number of carbonyl (C=O) groups is 1. The molecule has 0 aliphatic carbocycles. The number of nitrogens with one attached hydrogen (secondary N) is 2. The van der Waals surface area contributed by atoms with Crippen LogP contribution in [0.25, 0.3) is 0 Å². The minimum absolute atomic E-state index is 0. The molecule has 2 rings (SSSR count). The van der Waals surface area contributed by atoms with E-state index in [0.717, 1.165) is 5.56 Å². The van der Waals surface area contributed by atoms with Crippen molar-refractivity contribution in [2.24, 2.45) is 0 Å². The smallest absolute Gasteiger partial charge is 0.251 e. The quantitative estimate of drug-likeness (QED) is 0.636. The zero-order valence-corrected chi connectivity index (χ0v) is 17.3. The lowest BCUT2D eigenvalue weighted by atomic mass is 10.1. The fraction of sp³-hybridized carbons (Fsp3) is 0.316. The van der Waals surface area contributed by atoms with Crippen molar-refractivity contribution in [1.29, 1.82) is 0 Å². The first kappa shape index (κ1) is 23.0. The van der Waals surface area contributed by atoms with Gasteiger partial charge in [0.1, 0.15) is 0 Å². The lowest BCUT2D eigenvalue weighted by Gasteiger charge is -2.20. The third kappa shape index (κ3) is 7.21. The predicted molar refractivity (Wildman–Crippen MR) is 111 cm³/mol. The second kappa shape index (κ2) is 9.21. The van der Waals surface area contributed by atoms with E-state index >= 15 is 0 Å². The van der Waals surface area contributed by atoms with E-state index in [1.165, 1.54) is 24.3 Å². The van der Waals surface area contributed by atoms with Gasteiger partial charge in [0.2, 0.25) is 10.0 Å². The molecule has 6 nitrogen and oxygen atoms in total. The van der Waals surface area contributed by atoms with Gasteiger partial charge in [-0.15, -0.1) is 12.4 Å². The summed E-state index contributed by atoms with van der Waals surface area (Å²) in [6, 6.07) is 13.4. The highest BCUT2D eigenvalue weighted by Gasteiger charge is 2.22. The van der Waals surface area contributed by atoms with Gasteiger partial charge in [0, 0.05) is 23.3 Å². The van der Waals surface area contributed by atoms with Crippen molar-refractivity contribution in [3.05, 3.63) is 59.7 Å². The first-order chi connectivity index (χ1) is 12.1. The maximum Gasteiger partial charge on any atom is 0.251 e. The van der Waals surface area contributed by atoms with Gasteiger partial charge in [-0.1, -0.05) is 12.1 Å². The van der Waals surface area contributed by atoms with Crippen molar-refractivity contribution in [1.82, 2.24) is 10.0 Å². The molecular weight excluding hydrogens is 386 g/mol. The van der Waals surface area contributed by atoms with E-state index in [2.05, 4.69) is 10.0 Å². The van der Waals surface area contributed by atoms with E-state index < -0.39 is 15.6 Å². The van der Waals surface area contributed by atoms with Gasteiger partial charge in [-0.2, -0.15) is 0 Å². The highest BCUT2D eigenvalue weighted by Crippen LogP contribution is 2.14. The molecule has 0 unspecified atom stereocenters. The lowest BCUT2D eigenvalue weighted by Crippen LogP contribution is -2.40. The monoisotopic (exact) mass is 411 g/mol. The molecule has 1 amide bonds. The number of halogens is 1. The zero-order chi connectivity index (χ0) is 19.4. The number of nitrogens with two attached hydrogens (primary N) is 1. The zero-order valence-electron chi connectivity index (χ0n) is 15.7. The van der Waals surface area contributed by atoms with Crippen molar-refractivity contribution in [3.63, 3.8) is 0 Å². The predicted octanol–water partition coefficient (Wildman–Crippen LogP) is 2.74. The Labute approximate surface area is 167 Å². The molecule has 148 valence electrons. The van der Waals surface area contributed by atoms with Gasteiger partial charge in [0.25, 0.3) is 5.91 Å². The number of hydrogen-bond donors (Lipinski definition) is 3. The number of benzene rings is 2. The molecule has 0 aliphatic rings. The summed E-state index contributed by atoms with van der Waals surface area (Å²) in [6.45, 7) is 5.79. The van der Waals surface area contributed by atoms with Gasteiger partial charge in [-0.3, -0.25) is 4.79 Å². The van der Waals surface area contributed by atoms with Crippen LogP contribution >= 0.6 is 12.4 Å². The SMILES string of the molecule is CC(C)(C)NS(=O)(=O)c1ccc(C(=O)NCCc2ccc(N)cc2)cc1.Cl. The Morgan fingerprint density at radius 1 is 1.00 bits per heavy atom. The summed E-state index contributed by atoms with van der Waals surface area (Å²) in [5.74, 6) is -0.242. The van der Waals surface area contributed by atoms with E-state index in [9.17, 15) is 13.2 Å². The van der Waals surface area contributed by atoms with Crippen LogP contribution in [0.1, 0.15) is 36.7 Å². The standard InChI is InChI=1S/C19H25N3O3S.ClH/c1-19(2,3)22-26(24,25)17-10-6-15(7-11-17)18(23)21-13-12-14-4-8-16(20)9-5-14;/h4-11,22H,12-13,20H2,1-3H3,(H,21,23);1H. The highest BCUT2D eigenvalue weighted by molar-refractivity contribution is 7.89. The van der Waals surface area contributed by atoms with Crippen molar-refractivity contribution < 1.29 is 13.2 Å². The fourth-order valence-electron chi connectivity index (χ4n) is 2.35. The van der Waals surface area contributed by atoms with Crippen LogP contribution in [0, 0.1) is 0 Å². The molecule has 0 saturated carbocycles. The second-order valence-corrected chi connectivity index (χ2v) is 8.81. The minimum Gasteiger partial charge on any atom is -0.399 e. The van der Waals surface area contributed by atoms with Crippen LogP contribution in [0.15, 0.2) is 53.4 Å². The van der Waals surface area contributed by atoms with Gasteiger partial charge >= 0.3 is 0 Å². The van der Waals surface area contributed by atoms with Crippen molar-refractivity contribution >= 4 is 34.0 Å². The number of amides is 1. The molecule has 0 spiro atoms. The summed E-state index contributed by atoms with van der Waals surface area (Å²) in [6.07, 6.45) is 0.688. The molecule has 0 atom stereocenters. The molecule has 27 heavy (non-hydrogen) atoms. The summed E-state index contributed by atoms with van der Waals surface area (Å²) in [5.41, 5.74) is 7.26. The fourth-order valence-corrected chi connectivity index (χ4v) is 3.77. The van der Waals surface area contributed by atoms with Crippen LogP contribution in [-0.4, -0.2) is 26.4 Å². The van der Waals surface area contributed by atoms with Gasteiger partial charge in [-0.25, -0.2) is 13.1 Å². The van der Waals surface area contributed by atoms with Gasteiger partial charge < -0.3 is 11.1 Å². The lowest BCUT2D eigenvalue weighted by molar-refractivity contribution is 0.0954. The molecule has 0 radical (unpaired) electrons. The third-order valence-corrected chi connectivity index (χ3v) is 5.32. The van der Waals surface area contributed by atoms with Gasteiger partial charge in [0.15, 0.2) is 0 Å². The Bertz CT molecular complexity index is 859. The maximum absolute atomic E-state index is 12.3. The van der Waals surface area contributed by atoms with E-state index in [0.29, 0.717) is 24.2 Å². The van der Waals surface area contributed by atoms with Gasteiger partial charge in [-0.05, 0) is 69.2 Å². The Morgan fingerprint density at radius 2 is 1.56 bits per heavy atom. The Hall–Kier alpha value is -2.09. The summed E-state index contributed by atoms with van der Waals surface area (Å²) < 4.78 is 27.1. The van der Waals surface area contributed by atoms with Crippen LogP contribution in [0.4, 0.5) is 5.69 Å². The summed E-state index contributed by atoms with van der Waals surface area (Å²) in [7, 11) is -3.61. The molecule has 4 N–H and O–H groups in total. The average Bonchev–Trinajstić information content (AvgIpc) is 2.54. The highest BCUT2D eigenvalue weighted by atomic mass is 35.5. The summed E-state index contributed by atoms with van der Waals surface area (Å²) in [5, 5.41) is 2.82. The van der Waals surface area contributed by atoms with Crippen LogP contribution in [0.2, 0.25) is 0 Å². The Kier molecular flexibility index (Phi) is 7.83. The topological polar surface area (TPSA) is 101 Å². The first-order valence-electron chi connectivity index (χ1n) is 8.33.